The number of methoxy groups -OCH3 is 1. The number of aromatic nitrogens is 1. The number of benzene rings is 1. The number of nitrogens with zero attached hydrogens (tertiary/aromatic N) is 1. The third-order valence-electron chi connectivity index (χ3n) is 2.86. The Morgan fingerprint density at radius 3 is 2.90 bits per heavy atom. The minimum atomic E-state index is -0.415. The third kappa shape index (κ3) is 3.29. The Balaban J connectivity index is 2.16. The topological polar surface area (TPSA) is 51.2 Å². The SMILES string of the molecule is COC(=O)c1nc(NC(C)c2cccc(Cl)c2)sc1C. The van der Waals surface area contributed by atoms with E-state index in [1.165, 1.54) is 18.4 Å². The fourth-order valence-corrected chi connectivity index (χ4v) is 2.88. The summed E-state index contributed by atoms with van der Waals surface area (Å²) >= 11 is 7.41. The predicted octanol–water partition coefficient (Wildman–Crippen LogP) is 4.06. The lowest BCUT2D eigenvalue weighted by Crippen LogP contribution is -2.07. The second-order valence-corrected chi connectivity index (χ2v) is 5.98. The lowest BCUT2D eigenvalue weighted by atomic mass is 10.1. The molecule has 20 heavy (non-hydrogen) atoms. The van der Waals surface area contributed by atoms with Crippen molar-refractivity contribution >= 4 is 34.0 Å². The smallest absolute Gasteiger partial charge is 0.357 e. The first-order valence-corrected chi connectivity index (χ1v) is 7.28. The van der Waals surface area contributed by atoms with E-state index in [9.17, 15) is 4.79 Å². The summed E-state index contributed by atoms with van der Waals surface area (Å²) in [4.78, 5) is 16.6. The number of halogens is 1. The van der Waals surface area contributed by atoms with Crippen LogP contribution in [0.25, 0.3) is 0 Å². The molecule has 0 spiro atoms. The number of ether oxygens (including phenoxy) is 1. The Kier molecular flexibility index (Phi) is 4.62. The minimum Gasteiger partial charge on any atom is -0.464 e. The summed E-state index contributed by atoms with van der Waals surface area (Å²) in [5.41, 5.74) is 1.42. The molecule has 1 unspecified atom stereocenters. The van der Waals surface area contributed by atoms with Crippen LogP contribution < -0.4 is 5.32 Å². The fraction of sp³-hybridized carbons (Fsp3) is 0.286. The Morgan fingerprint density at radius 2 is 2.25 bits per heavy atom. The monoisotopic (exact) mass is 310 g/mol. The standard InChI is InChI=1S/C14H15ClN2O2S/c1-8(10-5-4-6-11(15)7-10)16-14-17-12(9(2)20-14)13(18)19-3/h4-8H,1-3H3,(H,16,17). The van der Waals surface area contributed by atoms with Crippen molar-refractivity contribution in [1.29, 1.82) is 0 Å². The van der Waals surface area contributed by atoms with E-state index >= 15 is 0 Å². The van der Waals surface area contributed by atoms with E-state index in [1.807, 2.05) is 38.1 Å². The molecule has 4 nitrogen and oxygen atoms in total. The second-order valence-electron chi connectivity index (χ2n) is 4.34. The van der Waals surface area contributed by atoms with Crippen molar-refractivity contribution in [3.8, 4) is 0 Å². The zero-order valence-corrected chi connectivity index (χ0v) is 13.0. The summed E-state index contributed by atoms with van der Waals surface area (Å²) < 4.78 is 4.70. The molecule has 2 aromatic rings. The number of thiazole rings is 1. The van der Waals surface area contributed by atoms with E-state index in [1.54, 1.807) is 0 Å². The highest BCUT2D eigenvalue weighted by molar-refractivity contribution is 7.15. The number of rotatable bonds is 4. The summed E-state index contributed by atoms with van der Waals surface area (Å²) in [7, 11) is 1.35. The lowest BCUT2D eigenvalue weighted by molar-refractivity contribution is 0.0594. The van der Waals surface area contributed by atoms with Gasteiger partial charge in [-0.3, -0.25) is 0 Å². The van der Waals surface area contributed by atoms with Gasteiger partial charge in [0.25, 0.3) is 0 Å². The maximum absolute atomic E-state index is 11.5. The van der Waals surface area contributed by atoms with Crippen LogP contribution in [0.4, 0.5) is 5.13 Å². The normalized spacial score (nSPS) is 12.0. The highest BCUT2D eigenvalue weighted by Crippen LogP contribution is 2.27. The fourth-order valence-electron chi connectivity index (χ4n) is 1.79. The number of hydrogen-bond donors (Lipinski definition) is 1. The zero-order valence-electron chi connectivity index (χ0n) is 11.4. The minimum absolute atomic E-state index is 0.0461. The van der Waals surface area contributed by atoms with Crippen LogP contribution in [0, 0.1) is 6.92 Å². The van der Waals surface area contributed by atoms with E-state index in [4.69, 9.17) is 16.3 Å². The van der Waals surface area contributed by atoms with Gasteiger partial charge < -0.3 is 10.1 Å². The summed E-state index contributed by atoms with van der Waals surface area (Å²) in [5, 5.41) is 4.65. The number of carbonyl (C=O) groups is 1. The summed E-state index contributed by atoms with van der Waals surface area (Å²) in [6, 6.07) is 7.68. The average molecular weight is 311 g/mol. The number of anilines is 1. The molecule has 0 saturated carbocycles. The quantitative estimate of drug-likeness (QED) is 0.865. The van der Waals surface area contributed by atoms with Crippen molar-refractivity contribution < 1.29 is 9.53 Å². The maximum Gasteiger partial charge on any atom is 0.357 e. The molecule has 0 aliphatic carbocycles. The summed E-state index contributed by atoms with van der Waals surface area (Å²) in [6.45, 7) is 3.86. The van der Waals surface area contributed by atoms with Gasteiger partial charge in [0.05, 0.1) is 13.2 Å². The molecule has 0 fully saturated rings. The van der Waals surface area contributed by atoms with Crippen molar-refractivity contribution in [2.45, 2.75) is 19.9 Å². The average Bonchev–Trinajstić information content (AvgIpc) is 2.78. The molecule has 6 heteroatoms. The largest absolute Gasteiger partial charge is 0.464 e. The van der Waals surface area contributed by atoms with Gasteiger partial charge >= 0.3 is 5.97 Å². The Hall–Kier alpha value is -1.59. The summed E-state index contributed by atoms with van der Waals surface area (Å²) in [5.74, 6) is -0.415. The van der Waals surface area contributed by atoms with Crippen molar-refractivity contribution in [3.05, 3.63) is 45.4 Å². The highest BCUT2D eigenvalue weighted by atomic mass is 35.5. The third-order valence-corrected chi connectivity index (χ3v) is 4.00. The van der Waals surface area contributed by atoms with Crippen LogP contribution in [0.2, 0.25) is 5.02 Å². The highest BCUT2D eigenvalue weighted by Gasteiger charge is 2.17. The van der Waals surface area contributed by atoms with Gasteiger partial charge in [0, 0.05) is 9.90 Å². The number of aryl methyl sites for hydroxylation is 1. The summed E-state index contributed by atoms with van der Waals surface area (Å²) in [6.07, 6.45) is 0. The lowest BCUT2D eigenvalue weighted by Gasteiger charge is -2.13. The van der Waals surface area contributed by atoms with Crippen LogP contribution in [0.5, 0.6) is 0 Å². The molecule has 1 atom stereocenters. The van der Waals surface area contributed by atoms with Crippen molar-refractivity contribution in [2.24, 2.45) is 0 Å². The Bertz CT molecular complexity index is 627. The zero-order chi connectivity index (χ0) is 14.7. The number of esters is 1. The van der Waals surface area contributed by atoms with Gasteiger partial charge in [0.2, 0.25) is 0 Å². The van der Waals surface area contributed by atoms with Crippen LogP contribution in [0.15, 0.2) is 24.3 Å². The molecule has 0 aliphatic rings. The molecule has 1 aromatic carbocycles. The maximum atomic E-state index is 11.5. The molecule has 2 rings (SSSR count). The molecule has 0 bridgehead atoms. The van der Waals surface area contributed by atoms with Crippen LogP contribution in [-0.2, 0) is 4.74 Å². The van der Waals surface area contributed by atoms with Crippen LogP contribution in [-0.4, -0.2) is 18.1 Å². The van der Waals surface area contributed by atoms with E-state index in [0.717, 1.165) is 10.4 Å². The molecule has 106 valence electrons. The molecule has 0 aliphatic heterocycles. The van der Waals surface area contributed by atoms with Crippen LogP contribution in [0.3, 0.4) is 0 Å². The molecular formula is C14H15ClN2O2S. The van der Waals surface area contributed by atoms with Gasteiger partial charge in [-0.1, -0.05) is 23.7 Å². The number of carbonyl (C=O) groups excluding carboxylic acids is 1. The van der Waals surface area contributed by atoms with Crippen molar-refractivity contribution in [3.63, 3.8) is 0 Å². The van der Waals surface area contributed by atoms with Gasteiger partial charge in [0.1, 0.15) is 0 Å². The Morgan fingerprint density at radius 1 is 1.50 bits per heavy atom. The van der Waals surface area contributed by atoms with E-state index in [0.29, 0.717) is 15.8 Å². The number of nitrogens with one attached hydrogen (secondary N) is 1. The molecular weight excluding hydrogens is 296 g/mol. The van der Waals surface area contributed by atoms with E-state index < -0.39 is 5.97 Å². The molecule has 1 aromatic heterocycles. The first-order chi connectivity index (χ1) is 9.51. The molecule has 0 amide bonds. The molecule has 0 saturated heterocycles. The number of hydrogen-bond acceptors (Lipinski definition) is 5. The van der Waals surface area contributed by atoms with Crippen LogP contribution >= 0.6 is 22.9 Å². The van der Waals surface area contributed by atoms with E-state index in [2.05, 4.69) is 10.3 Å². The second kappa shape index (κ2) is 6.24. The predicted molar refractivity (Wildman–Crippen MR) is 81.7 cm³/mol. The van der Waals surface area contributed by atoms with Gasteiger partial charge in [-0.15, -0.1) is 11.3 Å². The molecule has 1 N–H and O–H groups in total. The molecule has 1 heterocycles. The van der Waals surface area contributed by atoms with Crippen LogP contribution in [0.1, 0.15) is 33.9 Å². The first-order valence-electron chi connectivity index (χ1n) is 6.09. The van der Waals surface area contributed by atoms with Gasteiger partial charge in [-0.2, -0.15) is 0 Å². The molecule has 0 radical (unpaired) electrons. The first kappa shape index (κ1) is 14.8. The van der Waals surface area contributed by atoms with Crippen molar-refractivity contribution in [1.82, 2.24) is 4.98 Å². The van der Waals surface area contributed by atoms with Gasteiger partial charge in [0.15, 0.2) is 10.8 Å². The van der Waals surface area contributed by atoms with Crippen molar-refractivity contribution in [2.75, 3.05) is 12.4 Å². The Labute approximate surface area is 126 Å². The van der Waals surface area contributed by atoms with Gasteiger partial charge in [-0.05, 0) is 31.5 Å². The van der Waals surface area contributed by atoms with E-state index in [-0.39, 0.29) is 6.04 Å². The van der Waals surface area contributed by atoms with Gasteiger partial charge in [-0.25, -0.2) is 9.78 Å².